The van der Waals surface area contributed by atoms with Gasteiger partial charge in [-0.2, -0.15) is 0 Å². The summed E-state index contributed by atoms with van der Waals surface area (Å²) in [6, 6.07) is 15.0. The maximum Gasteiger partial charge on any atom is 0.326 e. The predicted molar refractivity (Wildman–Crippen MR) is 91.9 cm³/mol. The molecule has 1 heterocycles. The van der Waals surface area contributed by atoms with Crippen LogP contribution >= 0.6 is 0 Å². The number of nitrogens with zero attached hydrogens (tertiary/aromatic N) is 1. The second kappa shape index (κ2) is 6.52. The van der Waals surface area contributed by atoms with E-state index in [-0.39, 0.29) is 11.9 Å². The molecule has 0 bridgehead atoms. The summed E-state index contributed by atoms with van der Waals surface area (Å²) in [5.74, 6) is -0.140. The van der Waals surface area contributed by atoms with Crippen molar-refractivity contribution in [2.45, 2.75) is 19.8 Å². The molecule has 0 spiro atoms. The highest BCUT2D eigenvalue weighted by molar-refractivity contribution is 6.03. The Morgan fingerprint density at radius 2 is 1.74 bits per heavy atom. The smallest absolute Gasteiger partial charge is 0.326 e. The molecule has 3 amide bonds. The van der Waals surface area contributed by atoms with Crippen LogP contribution in [0.3, 0.4) is 0 Å². The first-order valence-electron chi connectivity index (χ1n) is 7.67. The van der Waals surface area contributed by atoms with Crippen molar-refractivity contribution in [1.82, 2.24) is 0 Å². The normalized spacial score (nSPS) is 13.2. The molecule has 23 heavy (non-hydrogen) atoms. The van der Waals surface area contributed by atoms with Crippen molar-refractivity contribution in [3.8, 4) is 0 Å². The molecule has 0 radical (unpaired) electrons. The van der Waals surface area contributed by atoms with Crippen LogP contribution in [0, 0.1) is 0 Å². The second-order valence-corrected chi connectivity index (χ2v) is 5.58. The number of rotatable bonds is 2. The van der Waals surface area contributed by atoms with Crippen LogP contribution in [-0.2, 0) is 11.2 Å². The summed E-state index contributed by atoms with van der Waals surface area (Å²) < 4.78 is 0. The molecule has 5 heteroatoms. The van der Waals surface area contributed by atoms with Gasteiger partial charge in [0.05, 0.1) is 0 Å². The molecule has 2 aromatic carbocycles. The Morgan fingerprint density at radius 3 is 2.52 bits per heavy atom. The van der Waals surface area contributed by atoms with Gasteiger partial charge in [0.25, 0.3) is 0 Å². The van der Waals surface area contributed by atoms with Crippen LogP contribution in [0.4, 0.5) is 21.9 Å². The first kappa shape index (κ1) is 15.1. The van der Waals surface area contributed by atoms with E-state index in [9.17, 15) is 9.59 Å². The van der Waals surface area contributed by atoms with Crippen LogP contribution in [0.1, 0.15) is 18.9 Å². The quantitative estimate of drug-likeness (QED) is 0.890. The minimum absolute atomic E-state index is 0.140. The number of aryl methyl sites for hydroxylation is 1. The van der Waals surface area contributed by atoms with Crippen molar-refractivity contribution in [2.75, 3.05) is 22.1 Å². The fourth-order valence-electron chi connectivity index (χ4n) is 2.81. The van der Waals surface area contributed by atoms with E-state index in [1.807, 2.05) is 18.2 Å². The van der Waals surface area contributed by atoms with Gasteiger partial charge in [0.1, 0.15) is 0 Å². The number of para-hydroxylation sites is 1. The molecule has 3 rings (SSSR count). The lowest BCUT2D eigenvalue weighted by Gasteiger charge is -2.29. The summed E-state index contributed by atoms with van der Waals surface area (Å²) >= 11 is 0. The molecule has 0 aromatic heterocycles. The summed E-state index contributed by atoms with van der Waals surface area (Å²) in [5, 5.41) is 5.61. The van der Waals surface area contributed by atoms with Crippen molar-refractivity contribution in [1.29, 1.82) is 0 Å². The van der Waals surface area contributed by atoms with Crippen molar-refractivity contribution < 1.29 is 9.59 Å². The average Bonchev–Trinajstić information content (AvgIpc) is 2.54. The average molecular weight is 309 g/mol. The third-order valence-corrected chi connectivity index (χ3v) is 3.79. The first-order valence-corrected chi connectivity index (χ1v) is 7.67. The van der Waals surface area contributed by atoms with Gasteiger partial charge in [-0.1, -0.05) is 24.3 Å². The van der Waals surface area contributed by atoms with E-state index in [1.165, 1.54) is 12.5 Å². The number of carbonyl (C=O) groups is 2. The molecule has 0 fully saturated rings. The van der Waals surface area contributed by atoms with Gasteiger partial charge in [-0.15, -0.1) is 0 Å². The lowest BCUT2D eigenvalue weighted by Crippen LogP contribution is -2.38. The number of nitrogens with one attached hydrogen (secondary N) is 2. The predicted octanol–water partition coefficient (Wildman–Crippen LogP) is 3.63. The lowest BCUT2D eigenvalue weighted by atomic mass is 10.0. The summed E-state index contributed by atoms with van der Waals surface area (Å²) in [6.07, 6.45) is 1.95. The number of amides is 3. The number of urea groups is 1. The molecule has 1 aliphatic rings. The van der Waals surface area contributed by atoms with Crippen LogP contribution in [0.2, 0.25) is 0 Å². The maximum absolute atomic E-state index is 12.6. The number of hydrogen-bond acceptors (Lipinski definition) is 2. The van der Waals surface area contributed by atoms with Gasteiger partial charge < -0.3 is 10.6 Å². The van der Waals surface area contributed by atoms with E-state index in [1.54, 1.807) is 29.2 Å². The van der Waals surface area contributed by atoms with E-state index in [4.69, 9.17) is 0 Å². The van der Waals surface area contributed by atoms with E-state index < -0.39 is 0 Å². The largest absolute Gasteiger partial charge is 0.326 e. The summed E-state index contributed by atoms with van der Waals surface area (Å²) in [5.41, 5.74) is 3.48. The molecule has 0 saturated heterocycles. The van der Waals surface area contributed by atoms with Crippen molar-refractivity contribution >= 4 is 29.0 Å². The molecule has 2 aromatic rings. The maximum atomic E-state index is 12.6. The first-order chi connectivity index (χ1) is 11.1. The third-order valence-electron chi connectivity index (χ3n) is 3.79. The van der Waals surface area contributed by atoms with Crippen molar-refractivity contribution in [2.24, 2.45) is 0 Å². The molecule has 0 atom stereocenters. The Bertz CT molecular complexity index is 743. The minimum Gasteiger partial charge on any atom is -0.326 e. The Morgan fingerprint density at radius 1 is 1.00 bits per heavy atom. The topological polar surface area (TPSA) is 61.4 Å². The molecule has 0 aliphatic carbocycles. The zero-order valence-electron chi connectivity index (χ0n) is 13.0. The molecule has 5 nitrogen and oxygen atoms in total. The number of hydrogen-bond donors (Lipinski definition) is 2. The van der Waals surface area contributed by atoms with Gasteiger partial charge in [0, 0.05) is 30.5 Å². The molecule has 0 saturated carbocycles. The van der Waals surface area contributed by atoms with Gasteiger partial charge in [0.2, 0.25) is 5.91 Å². The summed E-state index contributed by atoms with van der Waals surface area (Å²) in [7, 11) is 0. The SMILES string of the molecule is CC(=O)Nc1cccc(NC(=O)N2CCCc3ccccc32)c1. The number of carbonyl (C=O) groups excluding carboxylic acids is 2. The molecular weight excluding hydrogens is 290 g/mol. The molecule has 1 aliphatic heterocycles. The fraction of sp³-hybridized carbons (Fsp3) is 0.222. The Balaban J connectivity index is 1.76. The van der Waals surface area contributed by atoms with Crippen LogP contribution in [0.25, 0.3) is 0 Å². The molecule has 118 valence electrons. The number of fused-ring (bicyclic) bond motifs is 1. The molecule has 0 unspecified atom stereocenters. The zero-order chi connectivity index (χ0) is 16.2. The highest BCUT2D eigenvalue weighted by Gasteiger charge is 2.22. The van der Waals surface area contributed by atoms with Gasteiger partial charge in [0.15, 0.2) is 0 Å². The zero-order valence-corrected chi connectivity index (χ0v) is 13.0. The monoisotopic (exact) mass is 309 g/mol. The highest BCUT2D eigenvalue weighted by atomic mass is 16.2. The van der Waals surface area contributed by atoms with Crippen molar-refractivity contribution in [3.63, 3.8) is 0 Å². The lowest BCUT2D eigenvalue weighted by molar-refractivity contribution is -0.114. The van der Waals surface area contributed by atoms with Crippen molar-refractivity contribution in [3.05, 3.63) is 54.1 Å². The summed E-state index contributed by atoms with van der Waals surface area (Å²) in [4.78, 5) is 25.5. The van der Waals surface area contributed by atoms with E-state index in [0.717, 1.165) is 18.5 Å². The fourth-order valence-corrected chi connectivity index (χ4v) is 2.81. The third kappa shape index (κ3) is 3.51. The van der Waals surface area contributed by atoms with Crippen LogP contribution in [0.5, 0.6) is 0 Å². The Labute approximate surface area is 135 Å². The van der Waals surface area contributed by atoms with E-state index in [0.29, 0.717) is 17.9 Å². The van der Waals surface area contributed by atoms with Gasteiger partial charge in [-0.25, -0.2) is 4.79 Å². The molecular formula is C18H19N3O2. The van der Waals surface area contributed by atoms with Gasteiger partial charge >= 0.3 is 6.03 Å². The summed E-state index contributed by atoms with van der Waals surface area (Å²) in [6.45, 7) is 2.16. The Hall–Kier alpha value is -2.82. The van der Waals surface area contributed by atoms with Crippen LogP contribution in [0.15, 0.2) is 48.5 Å². The van der Waals surface area contributed by atoms with Crippen LogP contribution in [-0.4, -0.2) is 18.5 Å². The van der Waals surface area contributed by atoms with Crippen LogP contribution < -0.4 is 15.5 Å². The Kier molecular flexibility index (Phi) is 4.28. The van der Waals surface area contributed by atoms with E-state index in [2.05, 4.69) is 16.7 Å². The van der Waals surface area contributed by atoms with E-state index >= 15 is 0 Å². The minimum atomic E-state index is -0.155. The highest BCUT2D eigenvalue weighted by Crippen LogP contribution is 2.27. The molecule has 2 N–H and O–H groups in total. The second-order valence-electron chi connectivity index (χ2n) is 5.58. The van der Waals surface area contributed by atoms with Gasteiger partial charge in [-0.05, 0) is 42.7 Å². The standard InChI is InChI=1S/C18H19N3O2/c1-13(22)19-15-8-4-9-16(12-15)20-18(23)21-11-5-7-14-6-2-3-10-17(14)21/h2-4,6,8-10,12H,5,7,11H2,1H3,(H,19,22)(H,20,23). The van der Waals surface area contributed by atoms with Gasteiger partial charge in [-0.3, -0.25) is 9.69 Å². The number of benzene rings is 2. The number of anilines is 3.